The number of benzene rings is 1. The lowest BCUT2D eigenvalue weighted by Crippen LogP contribution is -2.46. The van der Waals surface area contributed by atoms with Crippen molar-refractivity contribution in [2.24, 2.45) is 0 Å². The molecule has 1 aliphatic rings. The molecular weight excluding hydrogens is 276 g/mol. The largest absolute Gasteiger partial charge is 0.423 e. The van der Waals surface area contributed by atoms with Crippen molar-refractivity contribution in [1.29, 1.82) is 0 Å². The summed E-state index contributed by atoms with van der Waals surface area (Å²) in [5.74, 6) is -0.252. The molecule has 7 heteroatoms. The number of rotatable bonds is 6. The van der Waals surface area contributed by atoms with E-state index in [9.17, 15) is 9.59 Å². The summed E-state index contributed by atoms with van der Waals surface area (Å²) < 4.78 is 5.11. The molecule has 0 saturated carbocycles. The van der Waals surface area contributed by atoms with Gasteiger partial charge in [-0.05, 0) is 12.1 Å². The normalized spacial score (nSPS) is 13.6. The van der Waals surface area contributed by atoms with Crippen LogP contribution in [0.4, 0.5) is 5.69 Å². The third-order valence-corrected chi connectivity index (χ3v) is 3.17. The van der Waals surface area contributed by atoms with Gasteiger partial charge in [0.25, 0.3) is 0 Å². The first-order valence-electron chi connectivity index (χ1n) is 6.70. The van der Waals surface area contributed by atoms with Gasteiger partial charge in [-0.3, -0.25) is 4.79 Å². The zero-order valence-electron chi connectivity index (χ0n) is 11.6. The highest BCUT2D eigenvalue weighted by molar-refractivity contribution is 5.89. The molecule has 0 radical (unpaired) electrons. The molecule has 1 amide bonds. The highest BCUT2D eigenvalue weighted by atomic mass is 16.5. The summed E-state index contributed by atoms with van der Waals surface area (Å²) in [6.07, 6.45) is 0. The summed E-state index contributed by atoms with van der Waals surface area (Å²) in [6.45, 7) is -0.0612. The fourth-order valence-electron chi connectivity index (χ4n) is 2.21. The van der Waals surface area contributed by atoms with Gasteiger partial charge >= 0.3 is 5.97 Å². The molecule has 0 unspecified atom stereocenters. The van der Waals surface area contributed by atoms with Crippen LogP contribution in [-0.2, 0) is 9.59 Å². The van der Waals surface area contributed by atoms with Crippen LogP contribution in [-0.4, -0.2) is 66.4 Å². The molecule has 0 aromatic heterocycles. The monoisotopic (exact) mass is 294 g/mol. The zero-order valence-corrected chi connectivity index (χ0v) is 11.6. The first-order chi connectivity index (χ1) is 10.2. The number of amides is 1. The Balaban J connectivity index is 2.11. The van der Waals surface area contributed by atoms with Gasteiger partial charge in [-0.1, -0.05) is 12.1 Å². The fraction of sp³-hybridized carbons (Fsp3) is 0.429. The van der Waals surface area contributed by atoms with Gasteiger partial charge in [-0.25, -0.2) is 4.79 Å². The Morgan fingerprint density at radius 1 is 1.24 bits per heavy atom. The minimum Gasteiger partial charge on any atom is -0.423 e. The first kappa shape index (κ1) is 15.3. The number of para-hydroxylation sites is 2. The molecule has 0 saturated heterocycles. The number of aliphatic hydroxyl groups is 2. The van der Waals surface area contributed by atoms with Crippen molar-refractivity contribution in [1.82, 2.24) is 4.90 Å². The maximum absolute atomic E-state index is 12.2. The van der Waals surface area contributed by atoms with Crippen LogP contribution in [0, 0.1) is 0 Å². The maximum Gasteiger partial charge on any atom is 0.331 e. The number of nitrogens with zero attached hydrogens (tertiary/aromatic N) is 2. The number of fused-ring (bicyclic) bond motifs is 1. The average molecular weight is 294 g/mol. The van der Waals surface area contributed by atoms with E-state index in [-0.39, 0.29) is 45.3 Å². The van der Waals surface area contributed by atoms with E-state index >= 15 is 0 Å². The third kappa shape index (κ3) is 3.71. The number of ether oxygens (including phenoxy) is 1. The SMILES string of the molecule is O=C1CN(CC(=O)N(CCO)CCO)c2ccccc2O1. The molecule has 2 rings (SSSR count). The molecule has 1 aromatic rings. The van der Waals surface area contributed by atoms with Crippen LogP contribution in [0.3, 0.4) is 0 Å². The van der Waals surface area contributed by atoms with Crippen molar-refractivity contribution in [3.05, 3.63) is 24.3 Å². The topological polar surface area (TPSA) is 90.3 Å². The molecule has 7 nitrogen and oxygen atoms in total. The van der Waals surface area contributed by atoms with E-state index in [1.165, 1.54) is 4.90 Å². The molecule has 2 N–H and O–H groups in total. The summed E-state index contributed by atoms with van der Waals surface area (Å²) in [6, 6.07) is 7.00. The Kier molecular flexibility index (Phi) is 5.13. The lowest BCUT2D eigenvalue weighted by Gasteiger charge is -2.31. The molecule has 0 spiro atoms. The van der Waals surface area contributed by atoms with Crippen LogP contribution < -0.4 is 9.64 Å². The summed E-state index contributed by atoms with van der Waals surface area (Å²) in [4.78, 5) is 26.8. The van der Waals surface area contributed by atoms with E-state index in [0.717, 1.165) is 0 Å². The number of carbonyl (C=O) groups is 2. The van der Waals surface area contributed by atoms with Gasteiger partial charge in [0.1, 0.15) is 6.54 Å². The second-order valence-electron chi connectivity index (χ2n) is 4.63. The van der Waals surface area contributed by atoms with E-state index < -0.39 is 5.97 Å². The number of anilines is 1. The summed E-state index contributed by atoms with van der Waals surface area (Å²) >= 11 is 0. The van der Waals surface area contributed by atoms with Crippen LogP contribution in [0.15, 0.2) is 24.3 Å². The molecule has 0 fully saturated rings. The van der Waals surface area contributed by atoms with Crippen molar-refractivity contribution in [2.45, 2.75) is 0 Å². The molecule has 0 aliphatic carbocycles. The van der Waals surface area contributed by atoms with Gasteiger partial charge in [-0.2, -0.15) is 0 Å². The van der Waals surface area contributed by atoms with E-state index in [1.54, 1.807) is 29.2 Å². The second kappa shape index (κ2) is 7.05. The van der Waals surface area contributed by atoms with Gasteiger partial charge in [0.05, 0.1) is 25.4 Å². The number of hydrogen-bond donors (Lipinski definition) is 2. The smallest absolute Gasteiger partial charge is 0.331 e. The first-order valence-corrected chi connectivity index (χ1v) is 6.70. The van der Waals surface area contributed by atoms with Gasteiger partial charge < -0.3 is 24.7 Å². The Morgan fingerprint density at radius 3 is 2.57 bits per heavy atom. The van der Waals surface area contributed by atoms with Gasteiger partial charge in [0, 0.05) is 13.1 Å². The quantitative estimate of drug-likeness (QED) is 0.529. The van der Waals surface area contributed by atoms with Crippen LogP contribution in [0.25, 0.3) is 0 Å². The fourth-order valence-corrected chi connectivity index (χ4v) is 2.21. The third-order valence-electron chi connectivity index (χ3n) is 3.17. The molecule has 1 heterocycles. The lowest BCUT2D eigenvalue weighted by atomic mass is 10.2. The van der Waals surface area contributed by atoms with Crippen molar-refractivity contribution < 1.29 is 24.5 Å². The molecule has 0 bridgehead atoms. The molecule has 114 valence electrons. The van der Waals surface area contributed by atoms with Gasteiger partial charge in [0.2, 0.25) is 5.91 Å². The summed E-state index contributed by atoms with van der Waals surface area (Å²) in [5, 5.41) is 17.9. The van der Waals surface area contributed by atoms with E-state index in [4.69, 9.17) is 14.9 Å². The van der Waals surface area contributed by atoms with E-state index in [0.29, 0.717) is 11.4 Å². The van der Waals surface area contributed by atoms with Gasteiger partial charge in [-0.15, -0.1) is 0 Å². The predicted molar refractivity (Wildman–Crippen MR) is 75.0 cm³/mol. The van der Waals surface area contributed by atoms with Crippen molar-refractivity contribution in [3.63, 3.8) is 0 Å². The van der Waals surface area contributed by atoms with E-state index in [2.05, 4.69) is 0 Å². The number of esters is 1. The standard InChI is InChI=1S/C14H18N2O5/c17-7-5-15(6-8-18)13(19)9-16-10-14(20)21-12-4-2-1-3-11(12)16/h1-4,17-18H,5-10H2. The molecular formula is C14H18N2O5. The van der Waals surface area contributed by atoms with Gasteiger partial charge in [0.15, 0.2) is 5.75 Å². The Hall–Kier alpha value is -2.12. The van der Waals surface area contributed by atoms with Crippen LogP contribution in [0.2, 0.25) is 0 Å². The summed E-state index contributed by atoms with van der Waals surface area (Å²) in [5.41, 5.74) is 0.679. The summed E-state index contributed by atoms with van der Waals surface area (Å²) in [7, 11) is 0. The number of hydrogen-bond acceptors (Lipinski definition) is 6. The van der Waals surface area contributed by atoms with Crippen molar-refractivity contribution in [3.8, 4) is 5.75 Å². The highest BCUT2D eigenvalue weighted by Crippen LogP contribution is 2.31. The van der Waals surface area contributed by atoms with E-state index in [1.807, 2.05) is 0 Å². The number of carbonyl (C=O) groups excluding carboxylic acids is 2. The second-order valence-corrected chi connectivity index (χ2v) is 4.63. The van der Waals surface area contributed by atoms with Crippen molar-refractivity contribution in [2.75, 3.05) is 44.3 Å². The lowest BCUT2D eigenvalue weighted by molar-refractivity contribution is -0.134. The van der Waals surface area contributed by atoms with Crippen molar-refractivity contribution >= 4 is 17.6 Å². The molecule has 0 atom stereocenters. The number of aliphatic hydroxyl groups excluding tert-OH is 2. The zero-order chi connectivity index (χ0) is 15.2. The Morgan fingerprint density at radius 2 is 1.90 bits per heavy atom. The van der Waals surface area contributed by atoms with Crippen LogP contribution >= 0.6 is 0 Å². The Bertz CT molecular complexity index is 514. The van der Waals surface area contributed by atoms with Crippen LogP contribution in [0.1, 0.15) is 0 Å². The molecule has 1 aromatic carbocycles. The maximum atomic E-state index is 12.2. The highest BCUT2D eigenvalue weighted by Gasteiger charge is 2.26. The predicted octanol–water partition coefficient (Wildman–Crippen LogP) is -0.775. The molecule has 1 aliphatic heterocycles. The minimum absolute atomic E-state index is 0.00512. The molecule has 21 heavy (non-hydrogen) atoms. The average Bonchev–Trinajstić information content (AvgIpc) is 2.46. The van der Waals surface area contributed by atoms with Crippen LogP contribution in [0.5, 0.6) is 5.75 Å². The minimum atomic E-state index is -0.419. The Labute approximate surface area is 122 Å².